The maximum atomic E-state index is 12.2. The van der Waals surface area contributed by atoms with Gasteiger partial charge >= 0.3 is 12.1 Å². The first kappa shape index (κ1) is 17.5. The number of carbonyl (C=O) groups is 2. The lowest BCUT2D eigenvalue weighted by atomic mass is 9.98. The Morgan fingerprint density at radius 1 is 1.00 bits per heavy atom. The zero-order chi connectivity index (χ0) is 19.7. The topological polar surface area (TPSA) is 108 Å². The number of aromatic nitrogens is 1. The summed E-state index contributed by atoms with van der Waals surface area (Å²) in [6, 6.07) is 17.9. The number of carboxylic acid groups (broad SMARTS) is 1. The number of anilines is 1. The molecular weight excluding hydrogens is 360 g/mol. The molecule has 0 saturated carbocycles. The van der Waals surface area contributed by atoms with Crippen molar-refractivity contribution in [2.24, 2.45) is 0 Å². The maximum Gasteiger partial charge on any atom is 0.412 e. The molecule has 1 heterocycles. The number of aromatic carboxylic acids is 1. The summed E-state index contributed by atoms with van der Waals surface area (Å²) in [5.41, 5.74) is 3.54. The summed E-state index contributed by atoms with van der Waals surface area (Å²) < 4.78 is 5.36. The van der Waals surface area contributed by atoms with Gasteiger partial charge < -0.3 is 14.8 Å². The molecular formula is C21H16N2O5. The van der Waals surface area contributed by atoms with Gasteiger partial charge in [0, 0.05) is 18.1 Å². The van der Waals surface area contributed by atoms with Crippen LogP contribution in [0.2, 0.25) is 0 Å². The average molecular weight is 376 g/mol. The van der Waals surface area contributed by atoms with Gasteiger partial charge in [0.1, 0.15) is 18.1 Å². The standard InChI is InChI=1S/C21H16N2O5/c24-12-9-18(20(25)26)22-19(10-12)23-21(27)28-11-17-15-7-3-1-5-13(15)14-6-2-4-8-16(14)17/h1-10,17H,11H2,(H,25,26)(H2,22,23,24,27). The molecule has 0 bridgehead atoms. The number of amides is 1. The fourth-order valence-corrected chi connectivity index (χ4v) is 3.47. The van der Waals surface area contributed by atoms with Crippen molar-refractivity contribution in [1.82, 2.24) is 4.98 Å². The van der Waals surface area contributed by atoms with E-state index in [1.165, 1.54) is 0 Å². The zero-order valence-electron chi connectivity index (χ0n) is 14.6. The highest BCUT2D eigenvalue weighted by Gasteiger charge is 2.29. The maximum absolute atomic E-state index is 12.2. The van der Waals surface area contributed by atoms with Crippen molar-refractivity contribution in [3.05, 3.63) is 87.7 Å². The predicted molar refractivity (Wildman–Crippen MR) is 103 cm³/mol. The van der Waals surface area contributed by atoms with Crippen LogP contribution in [0.25, 0.3) is 11.1 Å². The van der Waals surface area contributed by atoms with Gasteiger partial charge in [-0.2, -0.15) is 0 Å². The number of hydrogen-bond donors (Lipinski definition) is 3. The summed E-state index contributed by atoms with van der Waals surface area (Å²) in [7, 11) is 0. The average Bonchev–Trinajstić information content (AvgIpc) is 3.00. The van der Waals surface area contributed by atoms with Crippen LogP contribution >= 0.6 is 0 Å². The first-order valence-electron chi connectivity index (χ1n) is 8.62. The molecule has 1 aliphatic rings. The van der Waals surface area contributed by atoms with Crippen molar-refractivity contribution in [2.45, 2.75) is 5.92 Å². The molecule has 0 spiro atoms. The number of H-pyrrole nitrogens is 1. The van der Waals surface area contributed by atoms with Crippen molar-refractivity contribution in [3.8, 4) is 11.1 Å². The SMILES string of the molecule is O=C(Nc1cc(=O)cc(C(=O)O)[nH]1)OCC1c2ccccc2-c2ccccc21. The fourth-order valence-electron chi connectivity index (χ4n) is 3.47. The molecule has 1 amide bonds. The Morgan fingerprint density at radius 3 is 2.21 bits per heavy atom. The van der Waals surface area contributed by atoms with Crippen LogP contribution < -0.4 is 10.7 Å². The number of carbonyl (C=O) groups excluding carboxylic acids is 1. The smallest absolute Gasteiger partial charge is 0.412 e. The monoisotopic (exact) mass is 376 g/mol. The second-order valence-electron chi connectivity index (χ2n) is 6.40. The molecule has 0 fully saturated rings. The first-order valence-corrected chi connectivity index (χ1v) is 8.62. The third kappa shape index (κ3) is 3.25. The van der Waals surface area contributed by atoms with E-state index in [1.54, 1.807) is 0 Å². The van der Waals surface area contributed by atoms with Crippen LogP contribution in [0.1, 0.15) is 27.5 Å². The lowest BCUT2D eigenvalue weighted by molar-refractivity contribution is 0.0690. The lowest BCUT2D eigenvalue weighted by Gasteiger charge is -2.14. The number of hydrogen-bond acceptors (Lipinski definition) is 4. The number of pyridine rings is 1. The number of rotatable bonds is 4. The molecule has 28 heavy (non-hydrogen) atoms. The summed E-state index contributed by atoms with van der Waals surface area (Å²) in [5.74, 6) is -1.43. The minimum atomic E-state index is -1.30. The van der Waals surface area contributed by atoms with E-state index in [-0.39, 0.29) is 24.0 Å². The summed E-state index contributed by atoms with van der Waals surface area (Å²) in [4.78, 5) is 37.2. The molecule has 3 N–H and O–H groups in total. The number of aromatic amines is 1. The van der Waals surface area contributed by atoms with E-state index in [1.807, 2.05) is 48.5 Å². The van der Waals surface area contributed by atoms with Crippen LogP contribution in [0, 0.1) is 0 Å². The van der Waals surface area contributed by atoms with Crippen molar-refractivity contribution in [3.63, 3.8) is 0 Å². The Kier molecular flexibility index (Phi) is 4.41. The van der Waals surface area contributed by atoms with Crippen molar-refractivity contribution in [2.75, 3.05) is 11.9 Å². The highest BCUT2D eigenvalue weighted by molar-refractivity contribution is 5.88. The number of fused-ring (bicyclic) bond motifs is 3. The number of carboxylic acids is 1. The van der Waals surface area contributed by atoms with Gasteiger partial charge in [0.15, 0.2) is 5.43 Å². The molecule has 3 aromatic rings. The Bertz CT molecular complexity index is 1090. The highest BCUT2D eigenvalue weighted by Crippen LogP contribution is 2.44. The van der Waals surface area contributed by atoms with Crippen LogP contribution in [-0.4, -0.2) is 28.8 Å². The number of nitrogens with one attached hydrogen (secondary N) is 2. The van der Waals surface area contributed by atoms with E-state index >= 15 is 0 Å². The third-order valence-electron chi connectivity index (χ3n) is 4.65. The minimum Gasteiger partial charge on any atom is -0.477 e. The van der Waals surface area contributed by atoms with E-state index in [0.29, 0.717) is 0 Å². The van der Waals surface area contributed by atoms with Crippen LogP contribution in [-0.2, 0) is 4.74 Å². The lowest BCUT2D eigenvalue weighted by Crippen LogP contribution is -2.20. The Labute approximate surface area is 159 Å². The van der Waals surface area contributed by atoms with Crippen molar-refractivity contribution in [1.29, 1.82) is 0 Å². The van der Waals surface area contributed by atoms with Crippen molar-refractivity contribution < 1.29 is 19.4 Å². The fraction of sp³-hybridized carbons (Fsp3) is 0.0952. The Hall–Kier alpha value is -3.87. The number of benzene rings is 2. The summed E-state index contributed by atoms with van der Waals surface area (Å²) in [5, 5.41) is 11.4. The first-order chi connectivity index (χ1) is 13.5. The normalized spacial score (nSPS) is 12.1. The molecule has 0 aliphatic heterocycles. The van der Waals surface area contributed by atoms with Gasteiger partial charge in [0.05, 0.1) is 0 Å². The van der Waals surface area contributed by atoms with E-state index in [9.17, 15) is 14.4 Å². The molecule has 0 unspecified atom stereocenters. The summed E-state index contributed by atoms with van der Waals surface area (Å²) in [6.07, 6.45) is -0.778. The van der Waals surface area contributed by atoms with Gasteiger partial charge in [-0.05, 0) is 22.3 Å². The van der Waals surface area contributed by atoms with E-state index in [4.69, 9.17) is 9.84 Å². The molecule has 1 aliphatic carbocycles. The molecule has 0 saturated heterocycles. The summed E-state index contributed by atoms with van der Waals surface area (Å²) >= 11 is 0. The van der Waals surface area contributed by atoms with E-state index in [0.717, 1.165) is 34.4 Å². The molecule has 140 valence electrons. The molecule has 0 atom stereocenters. The van der Waals surface area contributed by atoms with Crippen molar-refractivity contribution >= 4 is 17.9 Å². The summed E-state index contributed by atoms with van der Waals surface area (Å²) in [6.45, 7) is 0.114. The second kappa shape index (κ2) is 7.03. The highest BCUT2D eigenvalue weighted by atomic mass is 16.5. The third-order valence-corrected chi connectivity index (χ3v) is 4.65. The number of ether oxygens (including phenoxy) is 1. The van der Waals surface area contributed by atoms with Gasteiger partial charge in [-0.3, -0.25) is 10.1 Å². The molecule has 0 radical (unpaired) electrons. The van der Waals surface area contributed by atoms with Crippen LogP contribution in [0.4, 0.5) is 10.6 Å². The quantitative estimate of drug-likeness (QED) is 0.646. The van der Waals surface area contributed by atoms with Gasteiger partial charge in [-0.1, -0.05) is 48.5 Å². The molecule has 1 aromatic heterocycles. The van der Waals surface area contributed by atoms with Gasteiger partial charge in [-0.15, -0.1) is 0 Å². The molecule has 7 heteroatoms. The van der Waals surface area contributed by atoms with E-state index in [2.05, 4.69) is 10.3 Å². The molecule has 2 aromatic carbocycles. The minimum absolute atomic E-state index is 0.0397. The zero-order valence-corrected chi connectivity index (χ0v) is 14.6. The second-order valence-corrected chi connectivity index (χ2v) is 6.40. The van der Waals surface area contributed by atoms with Crippen LogP contribution in [0.3, 0.4) is 0 Å². The largest absolute Gasteiger partial charge is 0.477 e. The molecule has 7 nitrogen and oxygen atoms in total. The van der Waals surface area contributed by atoms with Crippen LogP contribution in [0.15, 0.2) is 65.5 Å². The van der Waals surface area contributed by atoms with Crippen LogP contribution in [0.5, 0.6) is 0 Å². The van der Waals surface area contributed by atoms with Gasteiger partial charge in [-0.25, -0.2) is 9.59 Å². The predicted octanol–water partition coefficient (Wildman–Crippen LogP) is 3.43. The van der Waals surface area contributed by atoms with Gasteiger partial charge in [0.25, 0.3) is 0 Å². The molecule has 4 rings (SSSR count). The Balaban J connectivity index is 1.50. The Morgan fingerprint density at radius 2 is 1.61 bits per heavy atom. The van der Waals surface area contributed by atoms with E-state index < -0.39 is 17.5 Å². The van der Waals surface area contributed by atoms with Gasteiger partial charge in [0.2, 0.25) is 0 Å².